The quantitative estimate of drug-likeness (QED) is 0.646. The maximum Gasteiger partial charge on any atom is 0.225 e. The molecule has 0 spiro atoms. The van der Waals surface area contributed by atoms with Crippen LogP contribution in [-0.2, 0) is 10.5 Å². The Morgan fingerprint density at radius 2 is 1.83 bits per heavy atom. The molecule has 0 bridgehead atoms. The lowest BCUT2D eigenvalue weighted by Gasteiger charge is -2.08. The van der Waals surface area contributed by atoms with Gasteiger partial charge in [-0.05, 0) is 54.8 Å². The molecule has 0 saturated heterocycles. The molecule has 0 aliphatic heterocycles. The van der Waals surface area contributed by atoms with E-state index in [1.165, 1.54) is 11.1 Å². The molecule has 2 aromatic rings. The number of hydrogen-bond donors (Lipinski definition) is 1. The van der Waals surface area contributed by atoms with Gasteiger partial charge < -0.3 is 5.32 Å². The van der Waals surface area contributed by atoms with Crippen LogP contribution in [0.5, 0.6) is 0 Å². The first-order valence-electron chi connectivity index (χ1n) is 7.34. The van der Waals surface area contributed by atoms with Crippen LogP contribution in [0.2, 0.25) is 10.0 Å². The van der Waals surface area contributed by atoms with Crippen LogP contribution in [0.4, 0.5) is 5.69 Å². The van der Waals surface area contributed by atoms with E-state index in [9.17, 15) is 4.79 Å². The number of aryl methyl sites for hydroxylation is 2. The Balaban J connectivity index is 1.74. The molecule has 23 heavy (non-hydrogen) atoms. The molecule has 0 aliphatic rings. The second-order valence-corrected chi connectivity index (χ2v) is 7.32. The second kappa shape index (κ2) is 8.62. The fraction of sp³-hybridized carbons (Fsp3) is 0.278. The summed E-state index contributed by atoms with van der Waals surface area (Å²) in [5.41, 5.74) is 4.36. The molecular formula is C18H19Cl2NOS. The highest BCUT2D eigenvalue weighted by Gasteiger charge is 2.05. The highest BCUT2D eigenvalue weighted by Crippen LogP contribution is 2.24. The Labute approximate surface area is 151 Å². The molecule has 0 fully saturated rings. The van der Waals surface area contributed by atoms with E-state index in [1.54, 1.807) is 17.8 Å². The number of hydrogen-bond acceptors (Lipinski definition) is 2. The SMILES string of the molecule is Cc1ccc(NC(=O)CCSCc2ccc(Cl)c(Cl)c2)cc1C. The second-order valence-electron chi connectivity index (χ2n) is 5.40. The van der Waals surface area contributed by atoms with E-state index in [-0.39, 0.29) is 5.91 Å². The van der Waals surface area contributed by atoms with E-state index in [4.69, 9.17) is 23.2 Å². The van der Waals surface area contributed by atoms with E-state index >= 15 is 0 Å². The lowest BCUT2D eigenvalue weighted by atomic mass is 10.1. The summed E-state index contributed by atoms with van der Waals surface area (Å²) >= 11 is 13.6. The lowest BCUT2D eigenvalue weighted by molar-refractivity contribution is -0.115. The largest absolute Gasteiger partial charge is 0.326 e. The van der Waals surface area contributed by atoms with Crippen molar-refractivity contribution in [3.8, 4) is 0 Å². The van der Waals surface area contributed by atoms with Gasteiger partial charge in [0, 0.05) is 23.6 Å². The smallest absolute Gasteiger partial charge is 0.225 e. The summed E-state index contributed by atoms with van der Waals surface area (Å²) in [4.78, 5) is 12.0. The van der Waals surface area contributed by atoms with Crippen molar-refractivity contribution in [3.05, 3.63) is 63.1 Å². The van der Waals surface area contributed by atoms with Gasteiger partial charge >= 0.3 is 0 Å². The molecule has 1 amide bonds. The topological polar surface area (TPSA) is 29.1 Å². The van der Waals surface area contributed by atoms with E-state index in [2.05, 4.69) is 12.2 Å². The van der Waals surface area contributed by atoms with Gasteiger partial charge in [-0.3, -0.25) is 4.79 Å². The summed E-state index contributed by atoms with van der Waals surface area (Å²) in [6, 6.07) is 11.6. The molecule has 2 aromatic carbocycles. The third-order valence-electron chi connectivity index (χ3n) is 3.52. The molecule has 2 rings (SSSR count). The number of rotatable bonds is 6. The number of nitrogens with one attached hydrogen (secondary N) is 1. The maximum absolute atomic E-state index is 12.0. The third-order valence-corrected chi connectivity index (χ3v) is 5.29. The summed E-state index contributed by atoms with van der Waals surface area (Å²) in [5, 5.41) is 4.06. The van der Waals surface area contributed by atoms with Gasteiger partial charge in [-0.2, -0.15) is 11.8 Å². The minimum absolute atomic E-state index is 0.0369. The molecule has 0 atom stereocenters. The number of thioether (sulfide) groups is 1. The average molecular weight is 368 g/mol. The molecule has 0 saturated carbocycles. The standard InChI is InChI=1S/C18H19Cl2NOS/c1-12-3-5-15(9-13(12)2)21-18(22)7-8-23-11-14-4-6-16(19)17(20)10-14/h3-6,9-10H,7-8,11H2,1-2H3,(H,21,22). The van der Waals surface area contributed by atoms with Crippen LogP contribution in [0.1, 0.15) is 23.1 Å². The predicted molar refractivity (Wildman–Crippen MR) is 102 cm³/mol. The normalized spacial score (nSPS) is 10.6. The van der Waals surface area contributed by atoms with Gasteiger partial charge in [0.25, 0.3) is 0 Å². The molecule has 2 nitrogen and oxygen atoms in total. The number of benzene rings is 2. The first-order chi connectivity index (χ1) is 11.0. The fourth-order valence-electron chi connectivity index (χ4n) is 2.03. The van der Waals surface area contributed by atoms with Gasteiger partial charge in [-0.1, -0.05) is 35.3 Å². The zero-order valence-electron chi connectivity index (χ0n) is 13.2. The first-order valence-corrected chi connectivity index (χ1v) is 9.25. The molecule has 5 heteroatoms. The number of carbonyl (C=O) groups excluding carboxylic acids is 1. The van der Waals surface area contributed by atoms with Gasteiger partial charge in [-0.25, -0.2) is 0 Å². The van der Waals surface area contributed by atoms with Crippen LogP contribution in [0.15, 0.2) is 36.4 Å². The van der Waals surface area contributed by atoms with Gasteiger partial charge in [-0.15, -0.1) is 0 Å². The summed E-state index contributed by atoms with van der Waals surface area (Å²) in [7, 11) is 0. The van der Waals surface area contributed by atoms with E-state index in [1.807, 2.05) is 37.3 Å². The van der Waals surface area contributed by atoms with Crippen molar-refractivity contribution in [3.63, 3.8) is 0 Å². The highest BCUT2D eigenvalue weighted by atomic mass is 35.5. The number of carbonyl (C=O) groups is 1. The zero-order valence-corrected chi connectivity index (χ0v) is 15.5. The number of amides is 1. The predicted octanol–water partition coefficient (Wildman–Crippen LogP) is 5.87. The van der Waals surface area contributed by atoms with Crippen molar-refractivity contribution in [1.29, 1.82) is 0 Å². The molecule has 122 valence electrons. The summed E-state index contributed by atoms with van der Waals surface area (Å²) in [5.74, 6) is 1.61. The summed E-state index contributed by atoms with van der Waals surface area (Å²) in [6.45, 7) is 4.10. The van der Waals surface area contributed by atoms with Crippen molar-refractivity contribution in [2.45, 2.75) is 26.0 Å². The van der Waals surface area contributed by atoms with Gasteiger partial charge in [0.05, 0.1) is 10.0 Å². The van der Waals surface area contributed by atoms with Crippen molar-refractivity contribution >= 4 is 46.6 Å². The molecule has 0 unspecified atom stereocenters. The molecule has 0 aliphatic carbocycles. The van der Waals surface area contributed by atoms with Crippen molar-refractivity contribution in [2.75, 3.05) is 11.1 Å². The summed E-state index contributed by atoms with van der Waals surface area (Å²) < 4.78 is 0. The Hall–Kier alpha value is -1.16. The average Bonchev–Trinajstić information content (AvgIpc) is 2.51. The number of anilines is 1. The first kappa shape index (κ1) is 18.2. The van der Waals surface area contributed by atoms with Crippen LogP contribution >= 0.6 is 35.0 Å². The zero-order chi connectivity index (χ0) is 16.8. The van der Waals surface area contributed by atoms with Gasteiger partial charge in [0.15, 0.2) is 0 Å². The van der Waals surface area contributed by atoms with Gasteiger partial charge in [0.2, 0.25) is 5.91 Å². The Morgan fingerprint density at radius 1 is 1.04 bits per heavy atom. The number of halogens is 2. The molecule has 0 heterocycles. The van der Waals surface area contributed by atoms with Crippen molar-refractivity contribution < 1.29 is 4.79 Å². The Kier molecular flexibility index (Phi) is 6.82. The van der Waals surface area contributed by atoms with Gasteiger partial charge in [0.1, 0.15) is 0 Å². The fourth-order valence-corrected chi connectivity index (χ4v) is 3.24. The van der Waals surface area contributed by atoms with Crippen LogP contribution in [0.25, 0.3) is 0 Å². The molecular weight excluding hydrogens is 349 g/mol. The Morgan fingerprint density at radius 3 is 2.52 bits per heavy atom. The van der Waals surface area contributed by atoms with Crippen molar-refractivity contribution in [1.82, 2.24) is 0 Å². The summed E-state index contributed by atoms with van der Waals surface area (Å²) in [6.07, 6.45) is 0.485. The minimum Gasteiger partial charge on any atom is -0.326 e. The van der Waals surface area contributed by atoms with Crippen molar-refractivity contribution in [2.24, 2.45) is 0 Å². The Bertz CT molecular complexity index is 703. The third kappa shape index (κ3) is 5.76. The van der Waals surface area contributed by atoms with Crippen LogP contribution in [0.3, 0.4) is 0 Å². The lowest BCUT2D eigenvalue weighted by Crippen LogP contribution is -2.12. The van der Waals surface area contributed by atoms with Crippen LogP contribution < -0.4 is 5.32 Å². The molecule has 1 N–H and O–H groups in total. The minimum atomic E-state index is 0.0369. The molecule has 0 aromatic heterocycles. The highest BCUT2D eigenvalue weighted by molar-refractivity contribution is 7.98. The van der Waals surface area contributed by atoms with E-state index in [0.29, 0.717) is 16.5 Å². The van der Waals surface area contributed by atoms with Crippen LogP contribution in [0, 0.1) is 13.8 Å². The monoisotopic (exact) mass is 367 g/mol. The maximum atomic E-state index is 12.0. The van der Waals surface area contributed by atoms with E-state index in [0.717, 1.165) is 22.8 Å². The van der Waals surface area contributed by atoms with Crippen LogP contribution in [-0.4, -0.2) is 11.7 Å². The van der Waals surface area contributed by atoms with E-state index < -0.39 is 0 Å². The molecule has 0 radical (unpaired) electrons.